The molecule has 1 rings (SSSR count). The Balaban J connectivity index is 0.00000169. The largest absolute Gasteiger partial charge is 0.325 e. The van der Waals surface area contributed by atoms with Crippen molar-refractivity contribution in [1.82, 2.24) is 0 Å². The molecule has 1 aromatic rings. The second-order valence-corrected chi connectivity index (χ2v) is 3.78. The van der Waals surface area contributed by atoms with E-state index in [1.54, 1.807) is 24.3 Å². The number of hydrogen-bond acceptors (Lipinski definition) is 1. The monoisotopic (exact) mass is 285 g/mol. The minimum atomic E-state index is -2.80. The molecule has 80 valence electrons. The van der Waals surface area contributed by atoms with Crippen LogP contribution in [0.5, 0.6) is 0 Å². The Kier molecular flexibility index (Phi) is 5.56. The number of rotatable bonds is 3. The summed E-state index contributed by atoms with van der Waals surface area (Å²) in [7, 11) is 0. The molecule has 1 nitrogen and oxygen atoms in total. The second-order valence-electron chi connectivity index (χ2n) is 2.86. The van der Waals surface area contributed by atoms with Crippen molar-refractivity contribution in [2.75, 3.05) is 6.54 Å². The summed E-state index contributed by atoms with van der Waals surface area (Å²) in [6.45, 7) is -0.608. The van der Waals surface area contributed by atoms with Gasteiger partial charge in [0.2, 0.25) is 0 Å². The summed E-state index contributed by atoms with van der Waals surface area (Å²) in [5.41, 5.74) is 5.52. The highest BCUT2D eigenvalue weighted by Crippen LogP contribution is 2.19. The van der Waals surface area contributed by atoms with Crippen LogP contribution in [0.2, 0.25) is 0 Å². The van der Waals surface area contributed by atoms with E-state index in [4.69, 9.17) is 5.73 Å². The maximum atomic E-state index is 12.8. The molecule has 5 heteroatoms. The van der Waals surface area contributed by atoms with Crippen molar-refractivity contribution in [1.29, 1.82) is 0 Å². The van der Waals surface area contributed by atoms with Crippen LogP contribution in [0.3, 0.4) is 0 Å². The van der Waals surface area contributed by atoms with E-state index < -0.39 is 12.5 Å². The average molecular weight is 287 g/mol. The minimum absolute atomic E-state index is 0. The van der Waals surface area contributed by atoms with Crippen LogP contribution in [0, 0.1) is 0 Å². The molecule has 0 radical (unpaired) electrons. The molecule has 1 aromatic carbocycles. The molecule has 0 aliphatic heterocycles. The number of alkyl halides is 2. The maximum absolute atomic E-state index is 12.8. The first-order valence-corrected chi connectivity index (χ1v) is 4.65. The molecule has 0 heterocycles. The summed E-state index contributed by atoms with van der Waals surface area (Å²) in [4.78, 5) is 0. The van der Waals surface area contributed by atoms with Crippen LogP contribution in [-0.2, 0) is 6.42 Å². The minimum Gasteiger partial charge on any atom is -0.325 e. The van der Waals surface area contributed by atoms with E-state index in [0.717, 1.165) is 4.47 Å². The molecule has 0 fully saturated rings. The van der Waals surface area contributed by atoms with Gasteiger partial charge in [0.15, 0.2) is 0 Å². The first kappa shape index (κ1) is 13.8. The van der Waals surface area contributed by atoms with Gasteiger partial charge in [0.1, 0.15) is 0 Å². The first-order chi connectivity index (χ1) is 6.03. The molecular formula is C9H11BrClF2N. The van der Waals surface area contributed by atoms with Crippen LogP contribution in [0.1, 0.15) is 5.56 Å². The Morgan fingerprint density at radius 1 is 1.21 bits per heavy atom. The van der Waals surface area contributed by atoms with E-state index in [2.05, 4.69) is 15.9 Å². The lowest BCUT2D eigenvalue weighted by Crippen LogP contribution is -2.30. The fourth-order valence-corrected chi connectivity index (χ4v) is 1.24. The summed E-state index contributed by atoms with van der Waals surface area (Å²) in [6.07, 6.45) is -0.295. The molecule has 14 heavy (non-hydrogen) atoms. The van der Waals surface area contributed by atoms with Gasteiger partial charge in [-0.25, -0.2) is 8.78 Å². The SMILES string of the molecule is Cl.NCC(F)(F)Cc1ccc(Br)cc1. The van der Waals surface area contributed by atoms with E-state index in [1.807, 2.05) is 0 Å². The molecule has 0 spiro atoms. The molecule has 0 bridgehead atoms. The summed E-state index contributed by atoms with van der Waals surface area (Å²) < 4.78 is 26.5. The zero-order chi connectivity index (χ0) is 9.90. The standard InChI is InChI=1S/C9H10BrF2N.ClH/c10-8-3-1-7(2-4-8)5-9(11,12)6-13;/h1-4H,5-6,13H2;1H. The van der Waals surface area contributed by atoms with Gasteiger partial charge < -0.3 is 5.73 Å². The number of nitrogens with two attached hydrogens (primary N) is 1. The van der Waals surface area contributed by atoms with Crippen molar-refractivity contribution in [2.45, 2.75) is 12.3 Å². The van der Waals surface area contributed by atoms with Gasteiger partial charge in [-0.1, -0.05) is 28.1 Å². The molecule has 0 saturated heterocycles. The van der Waals surface area contributed by atoms with Crippen molar-refractivity contribution in [3.63, 3.8) is 0 Å². The predicted molar refractivity (Wildman–Crippen MR) is 59.1 cm³/mol. The maximum Gasteiger partial charge on any atom is 0.264 e. The molecule has 0 unspecified atom stereocenters. The molecule has 0 amide bonds. The third-order valence-corrected chi connectivity index (χ3v) is 2.20. The Hall–Kier alpha value is -0.190. The van der Waals surface area contributed by atoms with Crippen molar-refractivity contribution in [2.24, 2.45) is 5.73 Å². The smallest absolute Gasteiger partial charge is 0.264 e. The summed E-state index contributed by atoms with van der Waals surface area (Å²) in [5.74, 6) is -2.80. The van der Waals surface area contributed by atoms with E-state index in [9.17, 15) is 8.78 Å². The molecule has 0 atom stereocenters. The number of halogens is 4. The highest BCUT2D eigenvalue weighted by Gasteiger charge is 2.26. The van der Waals surface area contributed by atoms with Gasteiger partial charge in [0.05, 0.1) is 6.54 Å². The second kappa shape index (κ2) is 5.63. The lowest BCUT2D eigenvalue weighted by atomic mass is 10.1. The fraction of sp³-hybridized carbons (Fsp3) is 0.333. The fourth-order valence-electron chi connectivity index (χ4n) is 0.973. The van der Waals surface area contributed by atoms with Gasteiger partial charge in [-0.2, -0.15) is 0 Å². The highest BCUT2D eigenvalue weighted by atomic mass is 79.9. The Labute approximate surface area is 96.2 Å². The van der Waals surface area contributed by atoms with Crippen LogP contribution in [-0.4, -0.2) is 12.5 Å². The van der Waals surface area contributed by atoms with Gasteiger partial charge >= 0.3 is 0 Å². The molecule has 0 saturated carbocycles. The number of hydrogen-bond donors (Lipinski definition) is 1. The lowest BCUT2D eigenvalue weighted by Gasteiger charge is -2.13. The zero-order valence-corrected chi connectivity index (χ0v) is 9.75. The summed E-state index contributed by atoms with van der Waals surface area (Å²) in [6, 6.07) is 6.80. The first-order valence-electron chi connectivity index (χ1n) is 3.86. The predicted octanol–water partition coefficient (Wildman–Crippen LogP) is 3.01. The third-order valence-electron chi connectivity index (χ3n) is 1.67. The Bertz CT molecular complexity index is 277. The highest BCUT2D eigenvalue weighted by molar-refractivity contribution is 9.10. The topological polar surface area (TPSA) is 26.0 Å². The average Bonchev–Trinajstić information content (AvgIpc) is 2.09. The van der Waals surface area contributed by atoms with Crippen LogP contribution in [0.25, 0.3) is 0 Å². The van der Waals surface area contributed by atoms with E-state index in [-0.39, 0.29) is 18.8 Å². The van der Waals surface area contributed by atoms with Crippen LogP contribution in [0.15, 0.2) is 28.7 Å². The quantitative estimate of drug-likeness (QED) is 0.908. The van der Waals surface area contributed by atoms with Crippen molar-refractivity contribution in [3.8, 4) is 0 Å². The molecule has 2 N–H and O–H groups in total. The summed E-state index contributed by atoms with van der Waals surface area (Å²) >= 11 is 3.23. The van der Waals surface area contributed by atoms with Gasteiger partial charge in [-0.3, -0.25) is 0 Å². The Morgan fingerprint density at radius 2 is 1.71 bits per heavy atom. The van der Waals surface area contributed by atoms with E-state index in [0.29, 0.717) is 5.56 Å². The van der Waals surface area contributed by atoms with Gasteiger partial charge in [0.25, 0.3) is 5.92 Å². The molecule has 0 aliphatic rings. The van der Waals surface area contributed by atoms with Crippen molar-refractivity contribution in [3.05, 3.63) is 34.3 Å². The molecule has 0 aliphatic carbocycles. The Morgan fingerprint density at radius 3 is 2.14 bits per heavy atom. The van der Waals surface area contributed by atoms with Gasteiger partial charge in [0, 0.05) is 10.9 Å². The third kappa shape index (κ3) is 4.35. The summed E-state index contributed by atoms with van der Waals surface area (Å²) in [5, 5.41) is 0. The van der Waals surface area contributed by atoms with Gasteiger partial charge in [-0.15, -0.1) is 12.4 Å². The van der Waals surface area contributed by atoms with Crippen LogP contribution < -0.4 is 5.73 Å². The van der Waals surface area contributed by atoms with Crippen LogP contribution in [0.4, 0.5) is 8.78 Å². The van der Waals surface area contributed by atoms with Crippen molar-refractivity contribution >= 4 is 28.3 Å². The molecule has 0 aromatic heterocycles. The van der Waals surface area contributed by atoms with Crippen molar-refractivity contribution < 1.29 is 8.78 Å². The zero-order valence-electron chi connectivity index (χ0n) is 7.34. The van der Waals surface area contributed by atoms with E-state index >= 15 is 0 Å². The lowest BCUT2D eigenvalue weighted by molar-refractivity contribution is 0.0115. The van der Waals surface area contributed by atoms with Gasteiger partial charge in [-0.05, 0) is 17.7 Å². The van der Waals surface area contributed by atoms with Crippen LogP contribution >= 0.6 is 28.3 Å². The number of benzene rings is 1. The molecular weight excluding hydrogens is 275 g/mol. The normalized spacial score (nSPS) is 10.9. The van der Waals surface area contributed by atoms with E-state index in [1.165, 1.54) is 0 Å².